The zero-order chi connectivity index (χ0) is 23.3. The van der Waals surface area contributed by atoms with E-state index in [0.717, 1.165) is 24.9 Å². The van der Waals surface area contributed by atoms with Crippen LogP contribution in [0.1, 0.15) is 63.4 Å². The van der Waals surface area contributed by atoms with Crippen molar-refractivity contribution in [3.8, 4) is 0 Å². The van der Waals surface area contributed by atoms with Gasteiger partial charge in [-0.25, -0.2) is 14.5 Å². The molecule has 174 valence electrons. The fourth-order valence-electron chi connectivity index (χ4n) is 3.93. The maximum atomic E-state index is 13.1. The Balaban J connectivity index is 1.60. The van der Waals surface area contributed by atoms with Gasteiger partial charge in [0, 0.05) is 31.2 Å². The topological polar surface area (TPSA) is 80.6 Å². The average molecular weight is 442 g/mol. The van der Waals surface area contributed by atoms with Crippen molar-refractivity contribution >= 4 is 12.0 Å². The molecule has 0 bridgehead atoms. The number of carbonyl (C=O) groups excluding carboxylic acids is 2. The summed E-state index contributed by atoms with van der Waals surface area (Å²) in [6, 6.07) is 7.70. The minimum absolute atomic E-state index is 0.0356. The predicted octanol–water partition coefficient (Wildman–Crippen LogP) is 3.82. The molecule has 2 heterocycles. The van der Waals surface area contributed by atoms with Crippen molar-refractivity contribution in [3.63, 3.8) is 0 Å². The Morgan fingerprint density at radius 2 is 1.94 bits per heavy atom. The first-order valence-electron chi connectivity index (χ1n) is 11.3. The highest BCUT2D eigenvalue weighted by molar-refractivity contribution is 5.94. The number of amides is 2. The lowest BCUT2D eigenvalue weighted by molar-refractivity contribution is 0.0124. The van der Waals surface area contributed by atoms with Gasteiger partial charge in [0.15, 0.2) is 0 Å². The summed E-state index contributed by atoms with van der Waals surface area (Å²) in [4.78, 5) is 33.4. The average Bonchev–Trinajstić information content (AvgIpc) is 3.24. The summed E-state index contributed by atoms with van der Waals surface area (Å²) in [5.74, 6) is 0.268. The molecule has 1 aliphatic rings. The van der Waals surface area contributed by atoms with Crippen LogP contribution in [0.4, 0.5) is 4.79 Å². The van der Waals surface area contributed by atoms with Crippen LogP contribution in [-0.4, -0.2) is 67.8 Å². The van der Waals surface area contributed by atoms with Crippen LogP contribution in [0.5, 0.6) is 0 Å². The third-order valence-electron chi connectivity index (χ3n) is 5.52. The Hall–Kier alpha value is -2.90. The van der Waals surface area contributed by atoms with Crippen LogP contribution in [0.15, 0.2) is 36.9 Å². The quantitative estimate of drug-likeness (QED) is 0.681. The lowest BCUT2D eigenvalue weighted by Gasteiger charge is -2.37. The molecule has 1 fully saturated rings. The van der Waals surface area contributed by atoms with E-state index in [2.05, 4.69) is 10.1 Å². The zero-order valence-corrected chi connectivity index (χ0v) is 19.8. The van der Waals surface area contributed by atoms with Crippen LogP contribution in [0.3, 0.4) is 0 Å². The largest absolute Gasteiger partial charge is 0.444 e. The predicted molar refractivity (Wildman–Crippen MR) is 122 cm³/mol. The van der Waals surface area contributed by atoms with Gasteiger partial charge < -0.3 is 14.5 Å². The van der Waals surface area contributed by atoms with Crippen LogP contribution < -0.4 is 0 Å². The fourth-order valence-corrected chi connectivity index (χ4v) is 3.93. The molecule has 0 saturated carbocycles. The molecule has 1 aliphatic heterocycles. The summed E-state index contributed by atoms with van der Waals surface area (Å²) in [6.45, 7) is 12.2. The Kier molecular flexibility index (Phi) is 7.53. The second-order valence-corrected chi connectivity index (χ2v) is 9.78. The molecule has 2 aromatic rings. The minimum Gasteiger partial charge on any atom is -0.444 e. The van der Waals surface area contributed by atoms with E-state index in [-0.39, 0.29) is 24.0 Å². The molecule has 1 aromatic carbocycles. The Morgan fingerprint density at radius 3 is 2.53 bits per heavy atom. The smallest absolute Gasteiger partial charge is 0.410 e. The number of hydrogen-bond acceptors (Lipinski definition) is 5. The third kappa shape index (κ3) is 6.55. The molecule has 0 spiro atoms. The fraction of sp³-hybridized carbons (Fsp3) is 0.583. The summed E-state index contributed by atoms with van der Waals surface area (Å²) < 4.78 is 7.34. The number of nitrogens with zero attached hydrogens (tertiary/aromatic N) is 5. The van der Waals surface area contributed by atoms with Crippen molar-refractivity contribution in [2.45, 2.75) is 65.6 Å². The second kappa shape index (κ2) is 10.1. The van der Waals surface area contributed by atoms with Crippen LogP contribution in [0.25, 0.3) is 0 Å². The molecular formula is C24H35N5O3. The first-order valence-corrected chi connectivity index (χ1v) is 11.3. The lowest BCUT2D eigenvalue weighted by atomic mass is 9.96. The molecule has 0 radical (unpaired) electrons. The third-order valence-corrected chi connectivity index (χ3v) is 5.52. The number of ether oxygens (including phenoxy) is 1. The van der Waals surface area contributed by atoms with Crippen molar-refractivity contribution in [1.29, 1.82) is 0 Å². The summed E-state index contributed by atoms with van der Waals surface area (Å²) in [7, 11) is 0. The normalized spacial score (nSPS) is 16.8. The lowest BCUT2D eigenvalue weighted by Crippen LogP contribution is -2.48. The summed E-state index contributed by atoms with van der Waals surface area (Å²) in [6.07, 6.45) is 4.81. The summed E-state index contributed by atoms with van der Waals surface area (Å²) in [5, 5.41) is 4.11. The maximum Gasteiger partial charge on any atom is 0.410 e. The Bertz CT molecular complexity index is 887. The highest BCUT2D eigenvalue weighted by Gasteiger charge is 2.30. The highest BCUT2D eigenvalue weighted by Crippen LogP contribution is 2.22. The van der Waals surface area contributed by atoms with Crippen LogP contribution in [-0.2, 0) is 11.3 Å². The van der Waals surface area contributed by atoms with Gasteiger partial charge in [-0.05, 0) is 71.1 Å². The van der Waals surface area contributed by atoms with E-state index >= 15 is 0 Å². The van der Waals surface area contributed by atoms with E-state index in [0.29, 0.717) is 25.2 Å². The monoisotopic (exact) mass is 441 g/mol. The Labute approximate surface area is 190 Å². The number of piperidine rings is 1. The standard InChI is InChI=1S/C24H35N5O3/c1-18(2)29(23(31)32-24(3,4)5)15-20-7-6-12-27(13-20)22(30)21-10-8-19(9-11-21)14-28-17-25-16-26-28/h8-11,16-18,20H,6-7,12-15H2,1-5H3. The van der Waals surface area contributed by atoms with Crippen molar-refractivity contribution in [2.24, 2.45) is 5.92 Å². The molecule has 8 heteroatoms. The molecule has 1 saturated heterocycles. The molecule has 1 atom stereocenters. The van der Waals surface area contributed by atoms with E-state index in [1.165, 1.54) is 6.33 Å². The van der Waals surface area contributed by atoms with Gasteiger partial charge in [-0.2, -0.15) is 5.10 Å². The van der Waals surface area contributed by atoms with Gasteiger partial charge in [0.2, 0.25) is 0 Å². The van der Waals surface area contributed by atoms with Crippen molar-refractivity contribution < 1.29 is 14.3 Å². The number of aromatic nitrogens is 3. The van der Waals surface area contributed by atoms with Gasteiger partial charge in [-0.3, -0.25) is 4.79 Å². The van der Waals surface area contributed by atoms with E-state index in [1.807, 2.05) is 63.8 Å². The summed E-state index contributed by atoms with van der Waals surface area (Å²) >= 11 is 0. The van der Waals surface area contributed by atoms with Gasteiger partial charge in [0.1, 0.15) is 18.3 Å². The van der Waals surface area contributed by atoms with Gasteiger partial charge >= 0.3 is 6.09 Å². The van der Waals surface area contributed by atoms with Crippen molar-refractivity contribution in [1.82, 2.24) is 24.6 Å². The molecule has 8 nitrogen and oxygen atoms in total. The van der Waals surface area contributed by atoms with Gasteiger partial charge in [-0.15, -0.1) is 0 Å². The zero-order valence-electron chi connectivity index (χ0n) is 19.8. The van der Waals surface area contributed by atoms with Crippen molar-refractivity contribution in [2.75, 3.05) is 19.6 Å². The van der Waals surface area contributed by atoms with E-state index in [4.69, 9.17) is 4.74 Å². The molecule has 0 aliphatic carbocycles. The SMILES string of the molecule is CC(C)N(CC1CCCN(C(=O)c2ccc(Cn3cncn3)cc2)C1)C(=O)OC(C)(C)C. The van der Waals surface area contributed by atoms with E-state index in [9.17, 15) is 9.59 Å². The molecular weight excluding hydrogens is 406 g/mol. The van der Waals surface area contributed by atoms with Gasteiger partial charge in [0.05, 0.1) is 6.54 Å². The van der Waals surface area contributed by atoms with E-state index < -0.39 is 5.60 Å². The Morgan fingerprint density at radius 1 is 1.22 bits per heavy atom. The summed E-state index contributed by atoms with van der Waals surface area (Å²) in [5.41, 5.74) is 1.22. The minimum atomic E-state index is -0.529. The van der Waals surface area contributed by atoms with Crippen LogP contribution >= 0.6 is 0 Å². The number of rotatable bonds is 6. The van der Waals surface area contributed by atoms with Crippen LogP contribution in [0, 0.1) is 5.92 Å². The highest BCUT2D eigenvalue weighted by atomic mass is 16.6. The molecule has 1 aromatic heterocycles. The van der Waals surface area contributed by atoms with Gasteiger partial charge in [0.25, 0.3) is 5.91 Å². The van der Waals surface area contributed by atoms with Gasteiger partial charge in [-0.1, -0.05) is 12.1 Å². The molecule has 3 rings (SSSR count). The first kappa shape index (κ1) is 23.8. The van der Waals surface area contributed by atoms with Crippen molar-refractivity contribution in [3.05, 3.63) is 48.0 Å². The van der Waals surface area contributed by atoms with Crippen LogP contribution in [0.2, 0.25) is 0 Å². The number of benzene rings is 1. The maximum absolute atomic E-state index is 13.1. The van der Waals surface area contributed by atoms with E-state index in [1.54, 1.807) is 15.9 Å². The number of carbonyl (C=O) groups is 2. The second-order valence-electron chi connectivity index (χ2n) is 9.78. The molecule has 32 heavy (non-hydrogen) atoms. The first-order chi connectivity index (χ1) is 15.1. The molecule has 0 N–H and O–H groups in total. The molecule has 1 unspecified atom stereocenters. The number of likely N-dealkylation sites (tertiary alicyclic amines) is 1. The molecule has 2 amide bonds. The number of hydrogen-bond donors (Lipinski definition) is 0.